The Kier molecular flexibility index (Phi) is 4.06. The van der Waals surface area contributed by atoms with Crippen molar-refractivity contribution in [2.45, 2.75) is 20.1 Å². The molecule has 3 N–H and O–H groups in total. The Morgan fingerprint density at radius 2 is 2.32 bits per heavy atom. The fourth-order valence-corrected chi connectivity index (χ4v) is 1.90. The summed E-state index contributed by atoms with van der Waals surface area (Å²) in [6, 6.07) is 5.07. The molecular weight excluding hydrogens is 264 g/mol. The van der Waals surface area contributed by atoms with Crippen LogP contribution in [0.2, 0.25) is 5.02 Å². The van der Waals surface area contributed by atoms with E-state index in [2.05, 4.69) is 5.10 Å². The third kappa shape index (κ3) is 3.26. The number of hydrogen-bond donors (Lipinski definition) is 2. The number of aryl methyl sites for hydroxylation is 1. The molecule has 0 atom stereocenters. The van der Waals surface area contributed by atoms with Crippen LogP contribution in [0.25, 0.3) is 0 Å². The van der Waals surface area contributed by atoms with Gasteiger partial charge in [0.05, 0.1) is 11.2 Å². The maximum absolute atomic E-state index is 7.35. The first-order chi connectivity index (χ1) is 9.10. The number of ether oxygens (including phenoxy) is 1. The van der Waals surface area contributed by atoms with Crippen molar-refractivity contribution in [3.63, 3.8) is 0 Å². The molecule has 0 saturated carbocycles. The number of nitrogens with one attached hydrogen (secondary N) is 1. The first-order valence-corrected chi connectivity index (χ1v) is 6.26. The van der Waals surface area contributed by atoms with E-state index in [-0.39, 0.29) is 5.84 Å². The highest BCUT2D eigenvalue weighted by atomic mass is 35.5. The zero-order chi connectivity index (χ0) is 13.8. The van der Waals surface area contributed by atoms with Gasteiger partial charge in [-0.05, 0) is 25.1 Å². The number of nitrogens with two attached hydrogens (primary N) is 1. The molecule has 1 aromatic carbocycles. The molecule has 0 spiro atoms. The first-order valence-electron chi connectivity index (χ1n) is 5.88. The molecule has 0 aliphatic carbocycles. The summed E-state index contributed by atoms with van der Waals surface area (Å²) < 4.78 is 7.45. The number of nitrogen functional groups attached to an aromatic ring is 1. The molecule has 0 aliphatic heterocycles. The van der Waals surface area contributed by atoms with Gasteiger partial charge in [-0.2, -0.15) is 5.10 Å². The number of halogens is 1. The number of hydrogen-bond acceptors (Lipinski definition) is 3. The molecular formula is C13H15ClN4O. The van der Waals surface area contributed by atoms with Crippen molar-refractivity contribution in [3.05, 3.63) is 46.7 Å². The number of nitrogens with zero attached hydrogens (tertiary/aromatic N) is 2. The van der Waals surface area contributed by atoms with Crippen LogP contribution in [-0.4, -0.2) is 15.6 Å². The van der Waals surface area contributed by atoms with E-state index in [1.54, 1.807) is 24.4 Å². The zero-order valence-electron chi connectivity index (χ0n) is 10.6. The Morgan fingerprint density at radius 3 is 2.89 bits per heavy atom. The van der Waals surface area contributed by atoms with Crippen LogP contribution in [0.15, 0.2) is 30.6 Å². The lowest BCUT2D eigenvalue weighted by Crippen LogP contribution is -2.11. The van der Waals surface area contributed by atoms with Crippen LogP contribution in [-0.2, 0) is 13.2 Å². The quantitative estimate of drug-likeness (QED) is 0.651. The minimum absolute atomic E-state index is 0.0548. The van der Waals surface area contributed by atoms with Crippen LogP contribution in [0.3, 0.4) is 0 Å². The molecule has 6 heteroatoms. The van der Waals surface area contributed by atoms with Crippen molar-refractivity contribution in [3.8, 4) is 5.75 Å². The maximum atomic E-state index is 7.35. The van der Waals surface area contributed by atoms with Crippen molar-refractivity contribution < 1.29 is 4.74 Å². The summed E-state index contributed by atoms with van der Waals surface area (Å²) in [7, 11) is 0. The molecule has 0 aliphatic rings. The molecule has 0 unspecified atom stereocenters. The van der Waals surface area contributed by atoms with E-state index < -0.39 is 0 Å². The van der Waals surface area contributed by atoms with Gasteiger partial charge in [-0.3, -0.25) is 10.1 Å². The molecule has 1 aromatic heterocycles. The summed E-state index contributed by atoms with van der Waals surface area (Å²) in [4.78, 5) is 0. The number of rotatable bonds is 5. The van der Waals surface area contributed by atoms with Gasteiger partial charge < -0.3 is 10.5 Å². The predicted octanol–water partition coefficient (Wildman–Crippen LogP) is 2.42. The summed E-state index contributed by atoms with van der Waals surface area (Å²) >= 11 is 6.02. The summed E-state index contributed by atoms with van der Waals surface area (Å²) in [6.07, 6.45) is 3.71. The van der Waals surface area contributed by atoms with Crippen molar-refractivity contribution in [2.24, 2.45) is 5.73 Å². The molecule has 1 heterocycles. The van der Waals surface area contributed by atoms with Gasteiger partial charge >= 0.3 is 0 Å². The Hall–Kier alpha value is -2.01. The third-order valence-electron chi connectivity index (χ3n) is 2.65. The van der Waals surface area contributed by atoms with Crippen molar-refractivity contribution >= 4 is 17.4 Å². The predicted molar refractivity (Wildman–Crippen MR) is 74.7 cm³/mol. The van der Waals surface area contributed by atoms with Gasteiger partial charge in [0.25, 0.3) is 0 Å². The average Bonchev–Trinajstić information content (AvgIpc) is 2.84. The van der Waals surface area contributed by atoms with E-state index in [1.165, 1.54) is 0 Å². The van der Waals surface area contributed by atoms with Crippen LogP contribution >= 0.6 is 11.6 Å². The first kappa shape index (κ1) is 13.4. The number of aromatic nitrogens is 2. The fraction of sp³-hybridized carbons (Fsp3) is 0.231. The fourth-order valence-electron chi connectivity index (χ4n) is 1.62. The van der Waals surface area contributed by atoms with Crippen LogP contribution in [0, 0.1) is 5.41 Å². The second-order valence-electron chi connectivity index (χ2n) is 4.05. The normalized spacial score (nSPS) is 10.4. The van der Waals surface area contributed by atoms with Gasteiger partial charge in [0, 0.05) is 23.9 Å². The molecule has 0 amide bonds. The topological polar surface area (TPSA) is 76.9 Å². The van der Waals surface area contributed by atoms with E-state index >= 15 is 0 Å². The highest BCUT2D eigenvalue weighted by Gasteiger charge is 2.06. The van der Waals surface area contributed by atoms with Gasteiger partial charge in [-0.25, -0.2) is 0 Å². The highest BCUT2D eigenvalue weighted by Crippen LogP contribution is 2.22. The van der Waals surface area contributed by atoms with Crippen LogP contribution in [0.5, 0.6) is 5.75 Å². The van der Waals surface area contributed by atoms with Crippen molar-refractivity contribution in [2.75, 3.05) is 0 Å². The van der Waals surface area contributed by atoms with Gasteiger partial charge in [0.15, 0.2) is 0 Å². The summed E-state index contributed by atoms with van der Waals surface area (Å²) in [5, 5.41) is 11.9. The molecule has 5 nitrogen and oxygen atoms in total. The third-order valence-corrected chi connectivity index (χ3v) is 2.96. The average molecular weight is 279 g/mol. The Bertz CT molecular complexity index is 594. The van der Waals surface area contributed by atoms with Crippen LogP contribution < -0.4 is 10.5 Å². The van der Waals surface area contributed by atoms with Gasteiger partial charge in [-0.1, -0.05) is 11.6 Å². The second-order valence-corrected chi connectivity index (χ2v) is 4.46. The lowest BCUT2D eigenvalue weighted by molar-refractivity contribution is 0.306. The zero-order valence-corrected chi connectivity index (χ0v) is 11.3. The number of amidine groups is 1. The Balaban J connectivity index is 2.03. The largest absolute Gasteiger partial charge is 0.489 e. The Labute approximate surface area is 116 Å². The number of benzene rings is 1. The van der Waals surface area contributed by atoms with Crippen molar-refractivity contribution in [1.29, 1.82) is 5.41 Å². The van der Waals surface area contributed by atoms with Crippen molar-refractivity contribution in [1.82, 2.24) is 9.78 Å². The van der Waals surface area contributed by atoms with E-state index in [0.717, 1.165) is 12.1 Å². The standard InChI is InChI=1S/C13H15ClN4O/c1-2-18-7-9(6-17-18)8-19-10-3-4-11(13(15)16)12(14)5-10/h3-7H,2,8H2,1H3,(H3,15,16). The highest BCUT2D eigenvalue weighted by molar-refractivity contribution is 6.34. The Morgan fingerprint density at radius 1 is 1.53 bits per heavy atom. The van der Waals surface area contributed by atoms with E-state index in [0.29, 0.717) is 22.9 Å². The monoisotopic (exact) mass is 278 g/mol. The molecule has 2 aromatic rings. The molecule has 2 rings (SSSR count). The lowest BCUT2D eigenvalue weighted by atomic mass is 10.2. The minimum atomic E-state index is -0.0548. The lowest BCUT2D eigenvalue weighted by Gasteiger charge is -2.07. The van der Waals surface area contributed by atoms with Gasteiger partial charge in [0.1, 0.15) is 18.2 Å². The van der Waals surface area contributed by atoms with E-state index in [9.17, 15) is 0 Å². The second kappa shape index (κ2) is 5.75. The molecule has 19 heavy (non-hydrogen) atoms. The molecule has 0 radical (unpaired) electrons. The molecule has 0 saturated heterocycles. The molecule has 0 bridgehead atoms. The maximum Gasteiger partial charge on any atom is 0.124 e. The SMILES string of the molecule is CCn1cc(COc2ccc(C(=N)N)c(Cl)c2)cn1. The molecule has 100 valence electrons. The summed E-state index contributed by atoms with van der Waals surface area (Å²) in [5.41, 5.74) is 6.90. The molecule has 0 fully saturated rings. The van der Waals surface area contributed by atoms with E-state index in [1.807, 2.05) is 17.8 Å². The van der Waals surface area contributed by atoms with Crippen LogP contribution in [0.4, 0.5) is 0 Å². The van der Waals surface area contributed by atoms with Gasteiger partial charge in [-0.15, -0.1) is 0 Å². The van der Waals surface area contributed by atoms with Crippen LogP contribution in [0.1, 0.15) is 18.1 Å². The van der Waals surface area contributed by atoms with Gasteiger partial charge in [0.2, 0.25) is 0 Å². The summed E-state index contributed by atoms with van der Waals surface area (Å²) in [6.45, 7) is 3.28. The van der Waals surface area contributed by atoms with E-state index in [4.69, 9.17) is 27.5 Å². The smallest absolute Gasteiger partial charge is 0.124 e. The minimum Gasteiger partial charge on any atom is -0.489 e. The summed E-state index contributed by atoms with van der Waals surface area (Å²) in [5.74, 6) is 0.583.